The summed E-state index contributed by atoms with van der Waals surface area (Å²) in [5, 5.41) is 12.4. The van der Waals surface area contributed by atoms with E-state index >= 15 is 0 Å². The van der Waals surface area contributed by atoms with Gasteiger partial charge in [-0.05, 0) is 30.2 Å². The monoisotopic (exact) mass is 550 g/mol. The van der Waals surface area contributed by atoms with Crippen LogP contribution >= 0.6 is 23.4 Å². The van der Waals surface area contributed by atoms with E-state index in [1.165, 1.54) is 16.7 Å². The molecule has 3 aromatic rings. The van der Waals surface area contributed by atoms with E-state index in [0.29, 0.717) is 5.75 Å². The molecule has 2 fully saturated rings. The van der Waals surface area contributed by atoms with Gasteiger partial charge in [0.15, 0.2) is 12.1 Å². The van der Waals surface area contributed by atoms with E-state index in [9.17, 15) is 19.5 Å². The zero-order valence-electron chi connectivity index (χ0n) is 20.6. The molecule has 0 saturated carbocycles. The molecule has 4 atom stereocenters. The van der Waals surface area contributed by atoms with Gasteiger partial charge >= 0.3 is 5.97 Å². The fourth-order valence-corrected chi connectivity index (χ4v) is 7.54. The number of amides is 2. The Morgan fingerprint density at radius 2 is 1.53 bits per heavy atom. The number of hydrogen-bond donors (Lipinski definition) is 2. The summed E-state index contributed by atoms with van der Waals surface area (Å²) in [6.07, 6.45) is 0. The molecular formula is C29H27ClN2O5S. The lowest BCUT2D eigenvalue weighted by Gasteiger charge is -2.56. The number of carbonyl (C=O) groups excluding carboxylic acids is 2. The fourth-order valence-electron chi connectivity index (χ4n) is 5.47. The quantitative estimate of drug-likeness (QED) is 0.307. The number of carbonyl (C=O) groups is 3. The van der Waals surface area contributed by atoms with Gasteiger partial charge in [-0.2, -0.15) is 0 Å². The molecule has 0 radical (unpaired) electrons. The first-order valence-electron chi connectivity index (χ1n) is 12.2. The maximum absolute atomic E-state index is 14.2. The summed E-state index contributed by atoms with van der Waals surface area (Å²) >= 11 is 7.62. The number of nitrogens with zero attached hydrogens (tertiary/aromatic N) is 1. The molecular weight excluding hydrogens is 524 g/mol. The third kappa shape index (κ3) is 4.31. The van der Waals surface area contributed by atoms with Crippen LogP contribution < -0.4 is 10.1 Å². The van der Waals surface area contributed by atoms with Gasteiger partial charge in [-0.25, -0.2) is 4.79 Å². The van der Waals surface area contributed by atoms with Gasteiger partial charge in [-0.15, -0.1) is 23.4 Å². The summed E-state index contributed by atoms with van der Waals surface area (Å²) in [7, 11) is 0. The number of fused-ring (bicyclic) bond motifs is 1. The van der Waals surface area contributed by atoms with Crippen molar-refractivity contribution in [1.82, 2.24) is 10.2 Å². The predicted molar refractivity (Wildman–Crippen MR) is 146 cm³/mol. The van der Waals surface area contributed by atoms with Gasteiger partial charge < -0.3 is 20.1 Å². The summed E-state index contributed by atoms with van der Waals surface area (Å²) < 4.78 is 4.74. The molecule has 0 aromatic heterocycles. The second-order valence-electron chi connectivity index (χ2n) is 9.64. The van der Waals surface area contributed by atoms with Crippen LogP contribution in [0.5, 0.6) is 5.75 Å². The molecule has 2 saturated heterocycles. The van der Waals surface area contributed by atoms with E-state index < -0.39 is 45.4 Å². The molecule has 2 N–H and O–H groups in total. The minimum atomic E-state index is -1.46. The Morgan fingerprint density at radius 1 is 1.00 bits per heavy atom. The predicted octanol–water partition coefficient (Wildman–Crippen LogP) is 4.12. The topological polar surface area (TPSA) is 95.9 Å². The molecule has 196 valence electrons. The molecule has 0 bridgehead atoms. The van der Waals surface area contributed by atoms with E-state index in [-0.39, 0.29) is 12.5 Å². The first-order valence-corrected chi connectivity index (χ1v) is 13.6. The first kappa shape index (κ1) is 26.1. The molecule has 3 unspecified atom stereocenters. The van der Waals surface area contributed by atoms with Crippen molar-refractivity contribution in [3.8, 4) is 5.75 Å². The highest BCUT2D eigenvalue weighted by Gasteiger charge is 2.75. The van der Waals surface area contributed by atoms with Crippen molar-refractivity contribution >= 4 is 41.1 Å². The minimum Gasteiger partial charge on any atom is -0.484 e. The van der Waals surface area contributed by atoms with Crippen LogP contribution in [0.25, 0.3) is 0 Å². The third-order valence-corrected chi connectivity index (χ3v) is 9.59. The van der Waals surface area contributed by atoms with Crippen molar-refractivity contribution < 1.29 is 24.2 Å². The van der Waals surface area contributed by atoms with Crippen LogP contribution in [0, 0.1) is 0 Å². The number of aliphatic carboxylic acids is 1. The van der Waals surface area contributed by atoms with Crippen molar-refractivity contribution in [2.45, 2.75) is 34.5 Å². The van der Waals surface area contributed by atoms with Gasteiger partial charge in [0.05, 0.1) is 4.75 Å². The van der Waals surface area contributed by atoms with Gasteiger partial charge in [-0.1, -0.05) is 78.9 Å². The number of halogens is 1. The van der Waals surface area contributed by atoms with Crippen molar-refractivity contribution in [3.05, 3.63) is 102 Å². The Labute approximate surface area is 230 Å². The molecule has 2 heterocycles. The Kier molecular flexibility index (Phi) is 7.11. The number of para-hydroxylation sites is 1. The Balaban J connectivity index is 1.59. The lowest BCUT2D eigenvalue weighted by atomic mass is 9.68. The fraction of sp³-hybridized carbons (Fsp3) is 0.276. The standard InChI is InChI=1S/C29H27ClN2O5S/c1-28(18-30)24(25(34)35)32-26(36)29(27(32)38-28,31-22(33)17-37-21-15-9-4-10-16-21)23(19-11-5-2-6-12-19)20-13-7-3-8-14-20/h2-16,23-24,27H,17-18H2,1H3,(H,31,33)(H,34,35)/t24?,27-,28?,29?/m0/s1. The van der Waals surface area contributed by atoms with Gasteiger partial charge in [0.25, 0.3) is 11.8 Å². The number of alkyl halides is 1. The highest BCUT2D eigenvalue weighted by molar-refractivity contribution is 8.01. The average Bonchev–Trinajstić information content (AvgIpc) is 3.24. The van der Waals surface area contributed by atoms with Gasteiger partial charge in [0.2, 0.25) is 0 Å². The van der Waals surface area contributed by atoms with Crippen molar-refractivity contribution in [3.63, 3.8) is 0 Å². The third-order valence-electron chi connectivity index (χ3n) is 7.15. The first-order chi connectivity index (χ1) is 18.3. The highest BCUT2D eigenvalue weighted by atomic mass is 35.5. The van der Waals surface area contributed by atoms with E-state index in [0.717, 1.165) is 11.1 Å². The number of hydrogen-bond acceptors (Lipinski definition) is 5. The normalized spacial score (nSPS) is 26.0. The Morgan fingerprint density at radius 3 is 2.03 bits per heavy atom. The number of β-lactam (4-membered cyclic amide) rings is 1. The maximum Gasteiger partial charge on any atom is 0.327 e. The molecule has 2 aliphatic rings. The average molecular weight is 551 g/mol. The lowest BCUT2D eigenvalue weighted by Crippen LogP contribution is -2.81. The van der Waals surface area contributed by atoms with Gasteiger partial charge in [0, 0.05) is 11.8 Å². The van der Waals surface area contributed by atoms with Crippen LogP contribution in [0.4, 0.5) is 0 Å². The number of nitrogens with one attached hydrogen (secondary N) is 1. The summed E-state index contributed by atoms with van der Waals surface area (Å²) in [6.45, 7) is 1.45. The SMILES string of the molecule is CC1(CCl)S[C@@H]2N(C(=O)C2(NC(=O)COc2ccccc2)C(c2ccccc2)c2ccccc2)C1C(=O)O. The van der Waals surface area contributed by atoms with Crippen molar-refractivity contribution in [2.24, 2.45) is 0 Å². The summed E-state index contributed by atoms with van der Waals surface area (Å²) in [5.41, 5.74) is 0.188. The molecule has 2 aliphatic heterocycles. The van der Waals surface area contributed by atoms with Gasteiger partial charge in [0.1, 0.15) is 17.2 Å². The van der Waals surface area contributed by atoms with Crippen molar-refractivity contribution in [2.75, 3.05) is 12.5 Å². The molecule has 0 spiro atoms. The number of rotatable bonds is 9. The Hall–Kier alpha value is -3.49. The second kappa shape index (κ2) is 10.3. The van der Waals surface area contributed by atoms with Crippen LogP contribution in [0.15, 0.2) is 91.0 Å². The Bertz CT molecular complexity index is 1290. The van der Waals surface area contributed by atoms with Crippen LogP contribution in [0.2, 0.25) is 0 Å². The molecule has 9 heteroatoms. The number of benzene rings is 3. The largest absolute Gasteiger partial charge is 0.484 e. The summed E-state index contributed by atoms with van der Waals surface area (Å²) in [5.74, 6) is -2.10. The minimum absolute atomic E-state index is 0.0252. The molecule has 0 aliphatic carbocycles. The van der Waals surface area contributed by atoms with E-state index in [1.54, 1.807) is 31.2 Å². The van der Waals surface area contributed by atoms with Crippen molar-refractivity contribution in [1.29, 1.82) is 0 Å². The number of ether oxygens (including phenoxy) is 1. The molecule has 5 rings (SSSR count). The summed E-state index contributed by atoms with van der Waals surface area (Å²) in [4.78, 5) is 41.4. The molecule has 7 nitrogen and oxygen atoms in total. The van der Waals surface area contributed by atoms with Gasteiger partial charge in [-0.3, -0.25) is 9.59 Å². The zero-order chi connectivity index (χ0) is 26.9. The van der Waals surface area contributed by atoms with Crippen LogP contribution in [0.1, 0.15) is 24.0 Å². The lowest BCUT2D eigenvalue weighted by molar-refractivity contribution is -0.170. The zero-order valence-corrected chi connectivity index (χ0v) is 22.2. The number of carboxylic acid groups (broad SMARTS) is 1. The molecule has 3 aromatic carbocycles. The number of carboxylic acids is 1. The van der Waals surface area contributed by atoms with Crippen LogP contribution in [-0.4, -0.2) is 62.0 Å². The van der Waals surface area contributed by atoms with E-state index in [2.05, 4.69) is 5.32 Å². The molecule has 38 heavy (non-hydrogen) atoms. The second-order valence-corrected chi connectivity index (χ2v) is 11.5. The smallest absolute Gasteiger partial charge is 0.327 e. The molecule has 2 amide bonds. The van der Waals surface area contributed by atoms with E-state index in [4.69, 9.17) is 16.3 Å². The van der Waals surface area contributed by atoms with Crippen LogP contribution in [-0.2, 0) is 14.4 Å². The van der Waals surface area contributed by atoms with E-state index in [1.807, 2.05) is 66.7 Å². The summed E-state index contributed by atoms with van der Waals surface area (Å²) in [6, 6.07) is 26.8. The number of thioether (sulfide) groups is 1. The maximum atomic E-state index is 14.2. The highest BCUT2D eigenvalue weighted by Crippen LogP contribution is 2.60. The van der Waals surface area contributed by atoms with Crippen LogP contribution in [0.3, 0.4) is 0 Å².